The number of nitrogens with two attached hydrogens (primary N) is 1. The van der Waals surface area contributed by atoms with E-state index in [1.165, 1.54) is 25.7 Å². The van der Waals surface area contributed by atoms with Crippen molar-refractivity contribution in [1.29, 1.82) is 0 Å². The Kier molecular flexibility index (Phi) is 4.27. The van der Waals surface area contributed by atoms with Gasteiger partial charge in [0.1, 0.15) is 5.75 Å². The highest BCUT2D eigenvalue weighted by Crippen LogP contribution is 2.48. The minimum absolute atomic E-state index is 0.106. The van der Waals surface area contributed by atoms with E-state index in [9.17, 15) is 0 Å². The predicted molar refractivity (Wildman–Crippen MR) is 79.5 cm³/mol. The molecule has 2 saturated carbocycles. The van der Waals surface area contributed by atoms with Crippen molar-refractivity contribution in [1.82, 2.24) is 0 Å². The highest BCUT2D eigenvalue weighted by Gasteiger charge is 2.39. The smallest absolute Gasteiger partial charge is 0.119 e. The Morgan fingerprint density at radius 1 is 1.30 bits per heavy atom. The lowest BCUT2D eigenvalue weighted by Crippen LogP contribution is -2.18. The molecule has 2 aliphatic rings. The molecule has 3 rings (SSSR count). The molecule has 110 valence electrons. The summed E-state index contributed by atoms with van der Waals surface area (Å²) in [5.74, 6) is 3.54. The van der Waals surface area contributed by atoms with Crippen molar-refractivity contribution in [3.05, 3.63) is 29.8 Å². The Bertz CT molecular complexity index is 448. The van der Waals surface area contributed by atoms with Crippen molar-refractivity contribution in [3.8, 4) is 5.75 Å². The third kappa shape index (κ3) is 2.99. The number of ether oxygens (including phenoxy) is 1. The molecule has 3 nitrogen and oxygen atoms in total. The van der Waals surface area contributed by atoms with Crippen LogP contribution in [0.15, 0.2) is 24.3 Å². The highest BCUT2D eigenvalue weighted by atomic mass is 16.5. The summed E-state index contributed by atoms with van der Waals surface area (Å²) in [6, 6.07) is 7.91. The first-order valence-electron chi connectivity index (χ1n) is 7.85. The van der Waals surface area contributed by atoms with E-state index in [-0.39, 0.29) is 12.6 Å². The van der Waals surface area contributed by atoms with Gasteiger partial charge >= 0.3 is 0 Å². The van der Waals surface area contributed by atoms with Crippen LogP contribution in [0.5, 0.6) is 5.75 Å². The third-order valence-corrected chi connectivity index (χ3v) is 5.07. The number of rotatable bonds is 6. The maximum Gasteiger partial charge on any atom is 0.119 e. The van der Waals surface area contributed by atoms with Gasteiger partial charge in [0.15, 0.2) is 0 Å². The molecule has 0 saturated heterocycles. The molecule has 20 heavy (non-hydrogen) atoms. The fourth-order valence-electron chi connectivity index (χ4n) is 3.92. The zero-order valence-electron chi connectivity index (χ0n) is 12.0. The van der Waals surface area contributed by atoms with Crippen molar-refractivity contribution in [2.24, 2.45) is 23.5 Å². The number of aliphatic hydroxyl groups excluding tert-OH is 1. The van der Waals surface area contributed by atoms with E-state index in [2.05, 4.69) is 0 Å². The molecule has 2 bridgehead atoms. The summed E-state index contributed by atoms with van der Waals surface area (Å²) in [5, 5.41) is 8.96. The van der Waals surface area contributed by atoms with Gasteiger partial charge in [0, 0.05) is 12.6 Å². The molecular formula is C17H25NO2. The summed E-state index contributed by atoms with van der Waals surface area (Å²) < 4.78 is 5.99. The van der Waals surface area contributed by atoms with Gasteiger partial charge in [-0.2, -0.15) is 0 Å². The van der Waals surface area contributed by atoms with E-state index in [1.54, 1.807) is 0 Å². The van der Waals surface area contributed by atoms with Gasteiger partial charge in [0.2, 0.25) is 0 Å². The van der Waals surface area contributed by atoms with E-state index >= 15 is 0 Å². The van der Waals surface area contributed by atoms with Crippen LogP contribution in [0.4, 0.5) is 0 Å². The SMILES string of the molecule is NC(CCO)c1cccc(OCC2CC3CCC2C3)c1. The van der Waals surface area contributed by atoms with Gasteiger partial charge in [-0.1, -0.05) is 18.6 Å². The topological polar surface area (TPSA) is 55.5 Å². The second kappa shape index (κ2) is 6.15. The first-order chi connectivity index (χ1) is 9.76. The van der Waals surface area contributed by atoms with Gasteiger partial charge in [-0.15, -0.1) is 0 Å². The second-order valence-corrected chi connectivity index (χ2v) is 6.44. The van der Waals surface area contributed by atoms with Crippen molar-refractivity contribution < 1.29 is 9.84 Å². The molecule has 0 aliphatic heterocycles. The zero-order valence-corrected chi connectivity index (χ0v) is 12.0. The summed E-state index contributed by atoms with van der Waals surface area (Å²) in [6.45, 7) is 0.969. The maximum absolute atomic E-state index is 8.96. The second-order valence-electron chi connectivity index (χ2n) is 6.44. The molecule has 0 amide bonds. The average molecular weight is 275 g/mol. The number of benzene rings is 1. The molecule has 0 radical (unpaired) electrons. The molecule has 0 aromatic heterocycles. The van der Waals surface area contributed by atoms with Gasteiger partial charge < -0.3 is 15.6 Å². The Balaban J connectivity index is 1.56. The van der Waals surface area contributed by atoms with Crippen LogP contribution >= 0.6 is 0 Å². The summed E-state index contributed by atoms with van der Waals surface area (Å²) in [7, 11) is 0. The molecule has 3 N–H and O–H groups in total. The van der Waals surface area contributed by atoms with Crippen LogP contribution in [0.1, 0.15) is 43.7 Å². The zero-order chi connectivity index (χ0) is 13.9. The molecule has 2 fully saturated rings. The van der Waals surface area contributed by atoms with Crippen LogP contribution in [-0.2, 0) is 0 Å². The number of aliphatic hydroxyl groups is 1. The molecule has 0 heterocycles. The molecule has 4 atom stereocenters. The summed E-state index contributed by atoms with van der Waals surface area (Å²) in [5.41, 5.74) is 7.07. The lowest BCUT2D eigenvalue weighted by molar-refractivity contribution is 0.195. The third-order valence-electron chi connectivity index (χ3n) is 5.07. The van der Waals surface area contributed by atoms with Gasteiger partial charge in [0.25, 0.3) is 0 Å². The molecule has 0 spiro atoms. The number of fused-ring (bicyclic) bond motifs is 2. The number of hydrogen-bond acceptors (Lipinski definition) is 3. The summed E-state index contributed by atoms with van der Waals surface area (Å²) >= 11 is 0. The van der Waals surface area contributed by atoms with Gasteiger partial charge in [-0.05, 0) is 61.1 Å². The van der Waals surface area contributed by atoms with Crippen LogP contribution in [0.3, 0.4) is 0 Å². The summed E-state index contributed by atoms with van der Waals surface area (Å²) in [6.07, 6.45) is 6.21. The fraction of sp³-hybridized carbons (Fsp3) is 0.647. The van der Waals surface area contributed by atoms with Crippen LogP contribution in [-0.4, -0.2) is 18.3 Å². The Hall–Kier alpha value is -1.06. The minimum atomic E-state index is -0.106. The predicted octanol–water partition coefficient (Wildman–Crippen LogP) is 2.88. The monoisotopic (exact) mass is 275 g/mol. The quantitative estimate of drug-likeness (QED) is 0.839. The van der Waals surface area contributed by atoms with E-state index < -0.39 is 0 Å². The lowest BCUT2D eigenvalue weighted by Gasteiger charge is -2.22. The van der Waals surface area contributed by atoms with E-state index in [0.29, 0.717) is 6.42 Å². The van der Waals surface area contributed by atoms with Gasteiger partial charge in [0.05, 0.1) is 6.61 Å². The first-order valence-corrected chi connectivity index (χ1v) is 7.85. The van der Waals surface area contributed by atoms with E-state index in [4.69, 9.17) is 15.6 Å². The van der Waals surface area contributed by atoms with E-state index in [0.717, 1.165) is 35.7 Å². The molecular weight excluding hydrogens is 250 g/mol. The Labute approximate surface area is 121 Å². The molecule has 2 aliphatic carbocycles. The fourth-order valence-corrected chi connectivity index (χ4v) is 3.92. The molecule has 3 heteroatoms. The number of hydrogen-bond donors (Lipinski definition) is 2. The Morgan fingerprint density at radius 3 is 2.90 bits per heavy atom. The Morgan fingerprint density at radius 2 is 2.20 bits per heavy atom. The lowest BCUT2D eigenvalue weighted by atomic mass is 9.89. The first kappa shape index (κ1) is 13.9. The van der Waals surface area contributed by atoms with Crippen molar-refractivity contribution >= 4 is 0 Å². The molecule has 1 aromatic rings. The standard InChI is InChI=1S/C17H25NO2/c18-17(6-7-19)14-2-1-3-16(10-14)20-11-15-9-12-4-5-13(15)8-12/h1-3,10,12-13,15,17,19H,4-9,11,18H2. The van der Waals surface area contributed by atoms with Crippen molar-refractivity contribution in [2.45, 2.75) is 38.1 Å². The molecule has 1 aromatic carbocycles. The van der Waals surface area contributed by atoms with Crippen LogP contribution in [0.2, 0.25) is 0 Å². The van der Waals surface area contributed by atoms with Gasteiger partial charge in [-0.25, -0.2) is 0 Å². The van der Waals surface area contributed by atoms with Gasteiger partial charge in [-0.3, -0.25) is 0 Å². The van der Waals surface area contributed by atoms with E-state index in [1.807, 2.05) is 24.3 Å². The van der Waals surface area contributed by atoms with Crippen LogP contribution in [0, 0.1) is 17.8 Å². The maximum atomic E-state index is 8.96. The largest absolute Gasteiger partial charge is 0.493 e. The van der Waals surface area contributed by atoms with Crippen LogP contribution in [0.25, 0.3) is 0 Å². The average Bonchev–Trinajstić information content (AvgIpc) is 3.08. The minimum Gasteiger partial charge on any atom is -0.493 e. The van der Waals surface area contributed by atoms with Crippen molar-refractivity contribution in [2.75, 3.05) is 13.2 Å². The van der Waals surface area contributed by atoms with Crippen molar-refractivity contribution in [3.63, 3.8) is 0 Å². The van der Waals surface area contributed by atoms with Crippen LogP contribution < -0.4 is 10.5 Å². The molecule has 4 unspecified atom stereocenters. The normalized spacial score (nSPS) is 29.6. The highest BCUT2D eigenvalue weighted by molar-refractivity contribution is 5.30. The summed E-state index contributed by atoms with van der Waals surface area (Å²) in [4.78, 5) is 0.